The van der Waals surface area contributed by atoms with Crippen LogP contribution in [0.15, 0.2) is 6.20 Å². The Labute approximate surface area is 96.0 Å². The maximum atomic E-state index is 7.32. The average Bonchev–Trinajstić information content (AvgIpc) is 2.10. The highest BCUT2D eigenvalue weighted by Crippen LogP contribution is 2.33. The van der Waals surface area contributed by atoms with Gasteiger partial charge in [-0.1, -0.05) is 46.4 Å². The van der Waals surface area contributed by atoms with Crippen LogP contribution in [-0.4, -0.2) is 4.98 Å². The lowest BCUT2D eigenvalue weighted by Gasteiger charge is -1.97. The van der Waals surface area contributed by atoms with E-state index >= 15 is 0 Å². The minimum Gasteiger partial charge on any atom is -0.241 e. The standard InChI is InChI=1S/C5HCl4N.C2H3N/c6-2-1-10-5(9)4(8)3(2)7;1-2-3/h1H;1H3. The highest BCUT2D eigenvalue weighted by Gasteiger charge is 2.06. The first-order chi connectivity index (χ1) is 6.04. The summed E-state index contributed by atoms with van der Waals surface area (Å²) in [5.74, 6) is 0. The second-order valence-electron chi connectivity index (χ2n) is 1.75. The Morgan fingerprint density at radius 3 is 2.08 bits per heavy atom. The van der Waals surface area contributed by atoms with Gasteiger partial charge in [-0.3, -0.25) is 0 Å². The third-order valence-electron chi connectivity index (χ3n) is 0.875. The first kappa shape index (κ1) is 12.8. The van der Waals surface area contributed by atoms with Crippen LogP contribution in [0.1, 0.15) is 6.92 Å². The van der Waals surface area contributed by atoms with Gasteiger partial charge in [-0.2, -0.15) is 5.26 Å². The van der Waals surface area contributed by atoms with E-state index < -0.39 is 0 Å². The summed E-state index contributed by atoms with van der Waals surface area (Å²) in [5, 5.41) is 8.21. The smallest absolute Gasteiger partial charge is 0.149 e. The fourth-order valence-corrected chi connectivity index (χ4v) is 1.09. The van der Waals surface area contributed by atoms with E-state index in [2.05, 4.69) is 4.98 Å². The number of halogens is 4. The van der Waals surface area contributed by atoms with Crippen LogP contribution in [0, 0.1) is 11.3 Å². The number of hydrogen-bond acceptors (Lipinski definition) is 2. The molecule has 0 radical (unpaired) electrons. The second-order valence-corrected chi connectivity index (χ2v) is 3.27. The minimum absolute atomic E-state index is 0.163. The van der Waals surface area contributed by atoms with Gasteiger partial charge in [0.2, 0.25) is 0 Å². The molecule has 13 heavy (non-hydrogen) atoms. The van der Waals surface area contributed by atoms with Crippen LogP contribution in [-0.2, 0) is 0 Å². The fraction of sp³-hybridized carbons (Fsp3) is 0.143. The summed E-state index contributed by atoms with van der Waals surface area (Å²) >= 11 is 22.2. The van der Waals surface area contributed by atoms with Crippen molar-refractivity contribution in [1.29, 1.82) is 5.26 Å². The zero-order chi connectivity index (χ0) is 10.4. The SMILES string of the molecule is CC#N.Clc1cnc(Cl)c(Cl)c1Cl. The molecule has 0 N–H and O–H groups in total. The number of hydrogen-bond donors (Lipinski definition) is 0. The van der Waals surface area contributed by atoms with Crippen molar-refractivity contribution in [3.63, 3.8) is 0 Å². The van der Waals surface area contributed by atoms with Gasteiger partial charge in [-0.05, 0) is 0 Å². The van der Waals surface area contributed by atoms with Crippen molar-refractivity contribution >= 4 is 46.4 Å². The van der Waals surface area contributed by atoms with Gasteiger partial charge < -0.3 is 0 Å². The van der Waals surface area contributed by atoms with Crippen molar-refractivity contribution in [3.8, 4) is 6.07 Å². The van der Waals surface area contributed by atoms with Crippen LogP contribution in [0.25, 0.3) is 0 Å². The molecule has 0 aliphatic carbocycles. The Morgan fingerprint density at radius 2 is 1.69 bits per heavy atom. The van der Waals surface area contributed by atoms with Crippen LogP contribution in [0.5, 0.6) is 0 Å². The highest BCUT2D eigenvalue weighted by atomic mass is 35.5. The molecule has 2 nitrogen and oxygen atoms in total. The Hall–Kier alpha value is -0.200. The summed E-state index contributed by atoms with van der Waals surface area (Å²) in [5.41, 5.74) is 0. The van der Waals surface area contributed by atoms with Crippen molar-refractivity contribution in [1.82, 2.24) is 4.98 Å². The van der Waals surface area contributed by atoms with E-state index in [-0.39, 0.29) is 15.2 Å². The number of pyridine rings is 1. The molecule has 0 amide bonds. The Balaban J connectivity index is 0.000000424. The average molecular weight is 258 g/mol. The molecule has 0 aliphatic heterocycles. The molecule has 0 unspecified atom stereocenters. The lowest BCUT2D eigenvalue weighted by atomic mass is 10.5. The maximum Gasteiger partial charge on any atom is 0.149 e. The summed E-state index contributed by atoms with van der Waals surface area (Å²) in [6.07, 6.45) is 1.35. The lowest BCUT2D eigenvalue weighted by molar-refractivity contribution is 1.33. The molecule has 0 bridgehead atoms. The molecule has 1 heterocycles. The molecule has 0 spiro atoms. The summed E-state index contributed by atoms with van der Waals surface area (Å²) in [4.78, 5) is 3.66. The quantitative estimate of drug-likeness (QED) is 0.653. The summed E-state index contributed by atoms with van der Waals surface area (Å²) < 4.78 is 0. The largest absolute Gasteiger partial charge is 0.241 e. The first-order valence-electron chi connectivity index (χ1n) is 3.00. The zero-order valence-corrected chi connectivity index (χ0v) is 9.51. The molecule has 0 aromatic carbocycles. The van der Waals surface area contributed by atoms with E-state index in [0.29, 0.717) is 5.02 Å². The maximum absolute atomic E-state index is 7.32. The normalized spacial score (nSPS) is 8.31. The number of nitriles is 1. The van der Waals surface area contributed by atoms with Gasteiger partial charge in [0.1, 0.15) is 5.15 Å². The van der Waals surface area contributed by atoms with Crippen molar-refractivity contribution in [3.05, 3.63) is 26.4 Å². The summed E-state index contributed by atoms with van der Waals surface area (Å²) in [6.45, 7) is 1.43. The van der Waals surface area contributed by atoms with Gasteiger partial charge in [0, 0.05) is 13.1 Å². The Morgan fingerprint density at radius 1 is 1.23 bits per heavy atom. The molecule has 1 aromatic heterocycles. The molecular weight excluding hydrogens is 254 g/mol. The molecule has 6 heteroatoms. The molecule has 0 aliphatic rings. The molecule has 0 fully saturated rings. The fourth-order valence-electron chi connectivity index (χ4n) is 0.422. The van der Waals surface area contributed by atoms with Crippen LogP contribution >= 0.6 is 46.4 Å². The van der Waals surface area contributed by atoms with Crippen LogP contribution in [0.2, 0.25) is 20.2 Å². The van der Waals surface area contributed by atoms with E-state index in [4.69, 9.17) is 51.7 Å². The van der Waals surface area contributed by atoms with Crippen LogP contribution in [0.4, 0.5) is 0 Å². The summed E-state index contributed by atoms with van der Waals surface area (Å²) in [7, 11) is 0. The first-order valence-corrected chi connectivity index (χ1v) is 4.51. The van der Waals surface area contributed by atoms with Gasteiger partial charge >= 0.3 is 0 Å². The number of nitrogens with zero attached hydrogens (tertiary/aromatic N) is 2. The molecule has 1 aromatic rings. The van der Waals surface area contributed by atoms with Gasteiger partial charge in [0.15, 0.2) is 0 Å². The zero-order valence-electron chi connectivity index (χ0n) is 6.48. The van der Waals surface area contributed by atoms with Crippen molar-refractivity contribution in [2.24, 2.45) is 0 Å². The monoisotopic (exact) mass is 256 g/mol. The Kier molecular flexibility index (Phi) is 6.19. The van der Waals surface area contributed by atoms with Gasteiger partial charge in [-0.25, -0.2) is 4.98 Å². The molecule has 0 saturated heterocycles. The third-order valence-corrected chi connectivity index (χ3v) is 2.50. The topological polar surface area (TPSA) is 36.7 Å². The molecule has 1 rings (SSSR count). The van der Waals surface area contributed by atoms with Gasteiger partial charge in [0.05, 0.1) is 21.1 Å². The predicted octanol–water partition coefficient (Wildman–Crippen LogP) is 4.23. The van der Waals surface area contributed by atoms with Gasteiger partial charge in [-0.15, -0.1) is 0 Å². The third kappa shape index (κ3) is 4.02. The number of aromatic nitrogens is 1. The summed E-state index contributed by atoms with van der Waals surface area (Å²) in [6, 6.07) is 1.75. The minimum atomic E-state index is 0.163. The van der Waals surface area contributed by atoms with Crippen LogP contribution in [0.3, 0.4) is 0 Å². The van der Waals surface area contributed by atoms with E-state index in [9.17, 15) is 0 Å². The van der Waals surface area contributed by atoms with Crippen molar-refractivity contribution in [2.75, 3.05) is 0 Å². The van der Waals surface area contributed by atoms with Crippen molar-refractivity contribution in [2.45, 2.75) is 6.92 Å². The van der Waals surface area contributed by atoms with E-state index in [1.165, 1.54) is 13.1 Å². The predicted molar refractivity (Wildman–Crippen MR) is 55.6 cm³/mol. The molecule has 0 atom stereocenters. The molecule has 70 valence electrons. The van der Waals surface area contributed by atoms with E-state index in [0.717, 1.165) is 0 Å². The van der Waals surface area contributed by atoms with Crippen LogP contribution < -0.4 is 0 Å². The van der Waals surface area contributed by atoms with E-state index in [1.807, 2.05) is 0 Å². The molecule has 0 saturated carbocycles. The molecular formula is C7H4Cl4N2. The second kappa shape index (κ2) is 6.28. The van der Waals surface area contributed by atoms with E-state index in [1.54, 1.807) is 6.07 Å². The van der Waals surface area contributed by atoms with Gasteiger partial charge in [0.25, 0.3) is 0 Å². The van der Waals surface area contributed by atoms with Crippen molar-refractivity contribution < 1.29 is 0 Å². The highest BCUT2D eigenvalue weighted by molar-refractivity contribution is 6.51. The number of rotatable bonds is 0. The Bertz CT molecular complexity index is 305. The lowest BCUT2D eigenvalue weighted by Crippen LogP contribution is -1.78.